The highest BCUT2D eigenvalue weighted by atomic mass is 32.1. The normalized spacial score (nSPS) is 16.1. The number of nitrogens with zero attached hydrogens (tertiary/aromatic N) is 2. The Kier molecular flexibility index (Phi) is 7.80. The fourth-order valence-corrected chi connectivity index (χ4v) is 5.13. The van der Waals surface area contributed by atoms with Crippen molar-refractivity contribution >= 4 is 27.5 Å². The lowest BCUT2D eigenvalue weighted by atomic mass is 9.94. The van der Waals surface area contributed by atoms with Crippen LogP contribution in [0.2, 0.25) is 0 Å². The van der Waals surface area contributed by atoms with E-state index >= 15 is 0 Å². The molecule has 2 N–H and O–H groups in total. The predicted molar refractivity (Wildman–Crippen MR) is 119 cm³/mol. The zero-order chi connectivity index (χ0) is 21.7. The van der Waals surface area contributed by atoms with E-state index in [0.29, 0.717) is 52.0 Å². The van der Waals surface area contributed by atoms with Crippen LogP contribution in [0.25, 0.3) is 10.2 Å². The number of aromatic amines is 1. The van der Waals surface area contributed by atoms with Crippen molar-refractivity contribution in [3.05, 3.63) is 39.3 Å². The molecule has 0 radical (unpaired) electrons. The van der Waals surface area contributed by atoms with Gasteiger partial charge in [-0.2, -0.15) is 0 Å². The highest BCUT2D eigenvalue weighted by Crippen LogP contribution is 2.28. The van der Waals surface area contributed by atoms with Crippen LogP contribution in [-0.2, 0) is 11.3 Å². The number of hydrogen-bond donors (Lipinski definition) is 2. The average molecular weight is 434 g/mol. The molecule has 0 bridgehead atoms. The van der Waals surface area contributed by atoms with Crippen LogP contribution in [0, 0.1) is 6.92 Å². The van der Waals surface area contributed by atoms with Gasteiger partial charge in [-0.1, -0.05) is 38.8 Å². The van der Waals surface area contributed by atoms with Crippen LogP contribution in [-0.4, -0.2) is 51.2 Å². The monoisotopic (exact) mass is 433 g/mol. The van der Waals surface area contributed by atoms with Crippen LogP contribution in [0.5, 0.6) is 0 Å². The number of carbonyl (C=O) groups excluding carboxylic acids is 1. The number of rotatable bonds is 9. The van der Waals surface area contributed by atoms with Crippen molar-refractivity contribution in [3.63, 3.8) is 0 Å². The fraction of sp³-hybridized carbons (Fsp3) is 0.591. The Morgan fingerprint density at radius 3 is 2.83 bits per heavy atom. The van der Waals surface area contributed by atoms with Crippen LogP contribution in [0.3, 0.4) is 0 Å². The number of fused-ring (bicyclic) bond motifs is 1. The quantitative estimate of drug-likeness (QED) is 0.464. The number of H-pyrrole nitrogens is 1. The van der Waals surface area contributed by atoms with Crippen molar-refractivity contribution in [2.24, 2.45) is 0 Å². The standard InChI is InChI=1S/C22H31N3O4S/c1-4-11-29-22(28)19-14(3)18-20(27)23-17(24-21(18)30-19)13-25(12-16(26)5-2)15-9-7-6-8-10-15/h4,15-16,26H,1,5-13H2,2-3H3,(H,23,24,27). The fourth-order valence-electron chi connectivity index (χ4n) is 4.04. The third-order valence-corrected chi connectivity index (χ3v) is 6.89. The lowest BCUT2D eigenvalue weighted by Crippen LogP contribution is -2.41. The van der Waals surface area contributed by atoms with Gasteiger partial charge in [-0.25, -0.2) is 9.78 Å². The summed E-state index contributed by atoms with van der Waals surface area (Å²) in [6.07, 6.45) is 7.61. The van der Waals surface area contributed by atoms with Crippen LogP contribution in [0.15, 0.2) is 17.4 Å². The van der Waals surface area contributed by atoms with E-state index in [4.69, 9.17) is 4.74 Å². The highest BCUT2D eigenvalue weighted by molar-refractivity contribution is 7.20. The number of nitrogens with one attached hydrogen (secondary N) is 1. The van der Waals surface area contributed by atoms with Gasteiger partial charge in [0.15, 0.2) is 0 Å². The molecule has 0 amide bonds. The molecule has 2 aromatic rings. The van der Waals surface area contributed by atoms with Crippen LogP contribution in [0.4, 0.5) is 0 Å². The maximum Gasteiger partial charge on any atom is 0.348 e. The number of thiophene rings is 1. The smallest absolute Gasteiger partial charge is 0.348 e. The Labute approximate surface area is 180 Å². The highest BCUT2D eigenvalue weighted by Gasteiger charge is 2.25. The summed E-state index contributed by atoms with van der Waals surface area (Å²) in [5.74, 6) is 0.0971. The Morgan fingerprint density at radius 2 is 2.17 bits per heavy atom. The molecule has 7 nitrogen and oxygen atoms in total. The summed E-state index contributed by atoms with van der Waals surface area (Å²) in [7, 11) is 0. The first-order valence-corrected chi connectivity index (χ1v) is 11.5. The molecule has 0 aromatic carbocycles. The van der Waals surface area contributed by atoms with Crippen molar-refractivity contribution in [3.8, 4) is 0 Å². The predicted octanol–water partition coefficient (Wildman–Crippen LogP) is 3.54. The minimum Gasteiger partial charge on any atom is -0.457 e. The molecule has 1 aliphatic carbocycles. The van der Waals surface area contributed by atoms with E-state index in [0.717, 1.165) is 12.8 Å². The lowest BCUT2D eigenvalue weighted by Gasteiger charge is -2.35. The first-order chi connectivity index (χ1) is 14.4. The first kappa shape index (κ1) is 22.7. The molecule has 0 aliphatic heterocycles. The van der Waals surface area contributed by atoms with Gasteiger partial charge in [0.1, 0.15) is 22.1 Å². The second-order valence-electron chi connectivity index (χ2n) is 7.92. The first-order valence-electron chi connectivity index (χ1n) is 10.7. The Hall–Kier alpha value is -2.03. The van der Waals surface area contributed by atoms with Crippen LogP contribution >= 0.6 is 11.3 Å². The number of aryl methyl sites for hydroxylation is 1. The van der Waals surface area contributed by atoms with Gasteiger partial charge in [0.25, 0.3) is 5.56 Å². The summed E-state index contributed by atoms with van der Waals surface area (Å²) in [6, 6.07) is 0.385. The van der Waals surface area contributed by atoms with Crippen molar-refractivity contribution in [2.75, 3.05) is 13.2 Å². The third-order valence-electron chi connectivity index (χ3n) is 5.73. The maximum absolute atomic E-state index is 12.8. The van der Waals surface area contributed by atoms with Gasteiger partial charge in [0, 0.05) is 12.6 Å². The average Bonchev–Trinajstić information content (AvgIpc) is 3.08. The third kappa shape index (κ3) is 5.17. The number of aromatic nitrogens is 2. The van der Waals surface area contributed by atoms with Gasteiger partial charge >= 0.3 is 5.97 Å². The van der Waals surface area contributed by atoms with E-state index in [1.165, 1.54) is 36.7 Å². The van der Waals surface area contributed by atoms with Gasteiger partial charge in [-0.15, -0.1) is 11.3 Å². The number of aliphatic hydroxyl groups excluding tert-OH is 1. The molecule has 1 saturated carbocycles. The number of ether oxygens (including phenoxy) is 1. The largest absolute Gasteiger partial charge is 0.457 e. The number of hydrogen-bond acceptors (Lipinski definition) is 7. The van der Waals surface area contributed by atoms with Gasteiger partial charge in [0.2, 0.25) is 0 Å². The second kappa shape index (κ2) is 10.3. The molecule has 3 rings (SSSR count). The van der Waals surface area contributed by atoms with Crippen LogP contribution in [0.1, 0.15) is 66.5 Å². The summed E-state index contributed by atoms with van der Waals surface area (Å²) in [6.45, 7) is 8.41. The molecule has 164 valence electrons. The summed E-state index contributed by atoms with van der Waals surface area (Å²) in [5, 5.41) is 10.7. The molecule has 2 heterocycles. The Bertz CT molecular complexity index is 946. The summed E-state index contributed by atoms with van der Waals surface area (Å²) in [5.41, 5.74) is 0.348. The zero-order valence-corrected chi connectivity index (χ0v) is 18.6. The lowest BCUT2D eigenvalue weighted by molar-refractivity contribution is 0.0554. The topological polar surface area (TPSA) is 95.5 Å². The zero-order valence-electron chi connectivity index (χ0n) is 17.8. The molecule has 1 fully saturated rings. The summed E-state index contributed by atoms with van der Waals surface area (Å²) >= 11 is 1.18. The summed E-state index contributed by atoms with van der Waals surface area (Å²) in [4.78, 5) is 35.8. The van der Waals surface area contributed by atoms with E-state index in [-0.39, 0.29) is 12.2 Å². The minimum absolute atomic E-state index is 0.123. The minimum atomic E-state index is -0.466. The van der Waals surface area contributed by atoms with Gasteiger partial charge in [0.05, 0.1) is 18.0 Å². The van der Waals surface area contributed by atoms with E-state index in [2.05, 4.69) is 21.4 Å². The van der Waals surface area contributed by atoms with E-state index in [9.17, 15) is 14.7 Å². The molecule has 0 spiro atoms. The number of aliphatic hydroxyl groups is 1. The molecular formula is C22H31N3O4S. The molecular weight excluding hydrogens is 402 g/mol. The molecule has 2 aromatic heterocycles. The van der Waals surface area contributed by atoms with E-state index in [1.54, 1.807) is 6.92 Å². The SMILES string of the molecule is C=CCOC(=O)c1sc2nc(CN(CC(O)CC)C3CCCCC3)[nH]c(=O)c2c1C. The maximum atomic E-state index is 12.8. The van der Waals surface area contributed by atoms with Crippen molar-refractivity contribution in [1.29, 1.82) is 0 Å². The van der Waals surface area contributed by atoms with E-state index in [1.807, 2.05) is 6.92 Å². The van der Waals surface area contributed by atoms with E-state index < -0.39 is 12.1 Å². The van der Waals surface area contributed by atoms with Crippen molar-refractivity contribution < 1.29 is 14.6 Å². The molecule has 0 saturated heterocycles. The Morgan fingerprint density at radius 1 is 1.43 bits per heavy atom. The number of esters is 1. The molecule has 1 aliphatic rings. The van der Waals surface area contributed by atoms with Crippen molar-refractivity contribution in [1.82, 2.24) is 14.9 Å². The number of carbonyl (C=O) groups is 1. The van der Waals surface area contributed by atoms with Gasteiger partial charge in [-0.05, 0) is 31.7 Å². The summed E-state index contributed by atoms with van der Waals surface area (Å²) < 4.78 is 5.14. The Balaban J connectivity index is 1.89. The molecule has 1 unspecified atom stereocenters. The molecule has 30 heavy (non-hydrogen) atoms. The van der Waals surface area contributed by atoms with Gasteiger partial charge < -0.3 is 14.8 Å². The molecule has 1 atom stereocenters. The second-order valence-corrected chi connectivity index (χ2v) is 8.92. The van der Waals surface area contributed by atoms with Crippen molar-refractivity contribution in [2.45, 2.75) is 71.1 Å². The van der Waals surface area contributed by atoms with Gasteiger partial charge in [-0.3, -0.25) is 9.69 Å². The van der Waals surface area contributed by atoms with Crippen LogP contribution < -0.4 is 5.56 Å². The molecule has 8 heteroatoms.